The molecule has 3 N–H and O–H groups in total. The zero-order valence-corrected chi connectivity index (χ0v) is 12.2. The molecule has 0 heterocycles. The van der Waals surface area contributed by atoms with Crippen molar-refractivity contribution in [1.82, 2.24) is 5.43 Å². The summed E-state index contributed by atoms with van der Waals surface area (Å²) >= 11 is 5.83. The highest BCUT2D eigenvalue weighted by molar-refractivity contribution is 6.30. The van der Waals surface area contributed by atoms with Crippen LogP contribution in [0, 0.1) is 0 Å². The van der Waals surface area contributed by atoms with E-state index in [1.807, 2.05) is 24.3 Å². The molecule has 1 aromatic rings. The lowest BCUT2D eigenvalue weighted by atomic mass is 10.1. The van der Waals surface area contributed by atoms with Gasteiger partial charge in [-0.3, -0.25) is 0 Å². The number of amides is 2. The monoisotopic (exact) mass is 299 g/mol. The van der Waals surface area contributed by atoms with Crippen LogP contribution in [0.2, 0.25) is 5.02 Å². The van der Waals surface area contributed by atoms with Gasteiger partial charge in [-0.05, 0) is 30.5 Å². The second-order valence-electron chi connectivity index (χ2n) is 4.01. The number of urea groups is 1. The molecule has 0 atom stereocenters. The van der Waals surface area contributed by atoms with Crippen LogP contribution in [-0.2, 0) is 15.9 Å². The highest BCUT2D eigenvalue weighted by atomic mass is 35.5. The van der Waals surface area contributed by atoms with E-state index in [0.717, 1.165) is 5.56 Å². The highest BCUT2D eigenvalue weighted by Gasteiger charge is 2.15. The Morgan fingerprint density at radius 1 is 1.35 bits per heavy atom. The Morgan fingerprint density at radius 2 is 1.95 bits per heavy atom. The standard InChI is InChI=1S/C13H18ClN3O3/c1-19-12(20-2)11(16-17-13(15)18)8-5-9-3-6-10(14)7-4-9/h3-4,6-7,12H,5,8H2,1-2H3,(H3,15,17,18)/b16-11+. The van der Waals surface area contributed by atoms with E-state index >= 15 is 0 Å². The van der Waals surface area contributed by atoms with E-state index in [9.17, 15) is 4.79 Å². The largest absolute Gasteiger partial charge is 0.351 e. The predicted molar refractivity (Wildman–Crippen MR) is 77.7 cm³/mol. The molecule has 20 heavy (non-hydrogen) atoms. The van der Waals surface area contributed by atoms with Gasteiger partial charge in [-0.1, -0.05) is 23.7 Å². The van der Waals surface area contributed by atoms with Crippen LogP contribution in [0.1, 0.15) is 12.0 Å². The Bertz CT molecular complexity index is 458. The molecular weight excluding hydrogens is 282 g/mol. The number of halogens is 1. The summed E-state index contributed by atoms with van der Waals surface area (Å²) in [5.74, 6) is 0. The van der Waals surface area contributed by atoms with Crippen molar-refractivity contribution in [2.45, 2.75) is 19.1 Å². The van der Waals surface area contributed by atoms with Gasteiger partial charge in [-0.25, -0.2) is 10.2 Å². The summed E-state index contributed by atoms with van der Waals surface area (Å²) in [6, 6.07) is 6.76. The van der Waals surface area contributed by atoms with Crippen LogP contribution in [0.3, 0.4) is 0 Å². The molecule has 1 aromatic carbocycles. The molecule has 0 spiro atoms. The Balaban J connectivity index is 2.71. The predicted octanol–water partition coefficient (Wildman–Crippen LogP) is 1.92. The molecule has 1 rings (SSSR count). The minimum Gasteiger partial charge on any atom is -0.351 e. The molecule has 0 aliphatic heterocycles. The van der Waals surface area contributed by atoms with E-state index in [0.29, 0.717) is 23.6 Å². The maximum atomic E-state index is 10.7. The lowest BCUT2D eigenvalue weighted by molar-refractivity contribution is -0.0534. The number of carbonyl (C=O) groups excluding carboxylic acids is 1. The Hall–Kier alpha value is -1.63. The minimum atomic E-state index is -0.736. The first-order valence-corrected chi connectivity index (χ1v) is 6.36. The molecule has 0 aromatic heterocycles. The van der Waals surface area contributed by atoms with Gasteiger partial charge in [0.25, 0.3) is 0 Å². The number of methoxy groups -OCH3 is 2. The van der Waals surface area contributed by atoms with Crippen molar-refractivity contribution in [3.05, 3.63) is 34.9 Å². The summed E-state index contributed by atoms with van der Waals surface area (Å²) in [5, 5.41) is 4.60. The number of aryl methyl sites for hydroxylation is 1. The summed E-state index contributed by atoms with van der Waals surface area (Å²) in [6.07, 6.45) is 0.627. The minimum absolute atomic E-state index is 0.545. The molecule has 0 bridgehead atoms. The summed E-state index contributed by atoms with van der Waals surface area (Å²) in [5.41, 5.74) is 8.82. The molecule has 110 valence electrons. The smallest absolute Gasteiger partial charge is 0.332 e. The molecule has 0 saturated carbocycles. The van der Waals surface area contributed by atoms with Crippen LogP contribution in [0.5, 0.6) is 0 Å². The van der Waals surface area contributed by atoms with Crippen molar-refractivity contribution in [2.75, 3.05) is 14.2 Å². The van der Waals surface area contributed by atoms with Gasteiger partial charge in [0.1, 0.15) is 0 Å². The molecule has 0 aliphatic carbocycles. The van der Waals surface area contributed by atoms with Crippen LogP contribution in [0.15, 0.2) is 29.4 Å². The maximum absolute atomic E-state index is 10.7. The van der Waals surface area contributed by atoms with E-state index in [4.69, 9.17) is 26.8 Å². The maximum Gasteiger partial charge on any atom is 0.332 e. The number of nitrogens with zero attached hydrogens (tertiary/aromatic N) is 1. The second kappa shape index (κ2) is 8.52. The Labute approximate surface area is 122 Å². The number of primary amides is 1. The Kier molecular flexibility index (Phi) is 7.00. The van der Waals surface area contributed by atoms with Crippen molar-refractivity contribution in [2.24, 2.45) is 10.8 Å². The van der Waals surface area contributed by atoms with Crippen molar-refractivity contribution >= 4 is 23.3 Å². The molecule has 2 amide bonds. The summed E-state index contributed by atoms with van der Waals surface area (Å²) in [4.78, 5) is 10.7. The molecule has 0 unspecified atom stereocenters. The quantitative estimate of drug-likeness (QED) is 0.458. The van der Waals surface area contributed by atoms with Crippen molar-refractivity contribution < 1.29 is 14.3 Å². The number of benzene rings is 1. The van der Waals surface area contributed by atoms with Gasteiger partial charge in [0.15, 0.2) is 6.29 Å². The average molecular weight is 300 g/mol. The van der Waals surface area contributed by atoms with Crippen LogP contribution in [0.25, 0.3) is 0 Å². The van der Waals surface area contributed by atoms with Crippen LogP contribution >= 0.6 is 11.6 Å². The number of hydrogen-bond acceptors (Lipinski definition) is 4. The van der Waals surface area contributed by atoms with Crippen molar-refractivity contribution in [1.29, 1.82) is 0 Å². The molecule has 0 saturated heterocycles. The van der Waals surface area contributed by atoms with E-state index in [1.165, 1.54) is 14.2 Å². The zero-order chi connectivity index (χ0) is 15.0. The van der Waals surface area contributed by atoms with Crippen LogP contribution in [0.4, 0.5) is 4.79 Å². The normalized spacial score (nSPS) is 11.7. The van der Waals surface area contributed by atoms with Crippen LogP contribution in [-0.4, -0.2) is 32.3 Å². The molecule has 0 aliphatic rings. The first kappa shape index (κ1) is 16.4. The van der Waals surface area contributed by atoms with E-state index < -0.39 is 12.3 Å². The first-order chi connectivity index (χ1) is 9.56. The molecule has 6 nitrogen and oxygen atoms in total. The topological polar surface area (TPSA) is 85.9 Å². The summed E-state index contributed by atoms with van der Waals surface area (Å²) in [7, 11) is 2.99. The zero-order valence-electron chi connectivity index (χ0n) is 11.4. The number of ether oxygens (including phenoxy) is 2. The molecule has 0 fully saturated rings. The average Bonchev–Trinajstić information content (AvgIpc) is 2.43. The molecule has 7 heteroatoms. The Morgan fingerprint density at radius 3 is 2.45 bits per heavy atom. The van der Waals surface area contributed by atoms with Gasteiger partial charge in [0, 0.05) is 19.2 Å². The van der Waals surface area contributed by atoms with Crippen molar-refractivity contribution in [3.8, 4) is 0 Å². The number of rotatable bonds is 7. The summed E-state index contributed by atoms with van der Waals surface area (Å²) < 4.78 is 10.3. The lowest BCUT2D eigenvalue weighted by Crippen LogP contribution is -2.31. The number of hydrogen-bond donors (Lipinski definition) is 2. The van der Waals surface area contributed by atoms with Crippen LogP contribution < -0.4 is 11.2 Å². The third-order valence-electron chi connectivity index (χ3n) is 2.59. The fourth-order valence-electron chi connectivity index (χ4n) is 1.65. The summed E-state index contributed by atoms with van der Waals surface area (Å²) in [6.45, 7) is 0. The molecular formula is C13H18ClN3O3. The fraction of sp³-hybridized carbons (Fsp3) is 0.385. The molecule has 0 radical (unpaired) electrons. The lowest BCUT2D eigenvalue weighted by Gasteiger charge is -2.16. The van der Waals surface area contributed by atoms with Gasteiger partial charge in [0.05, 0.1) is 5.71 Å². The number of carbonyl (C=O) groups is 1. The van der Waals surface area contributed by atoms with E-state index in [1.54, 1.807) is 0 Å². The first-order valence-electron chi connectivity index (χ1n) is 5.98. The third-order valence-corrected chi connectivity index (χ3v) is 2.84. The van der Waals surface area contributed by atoms with Gasteiger partial charge in [-0.2, -0.15) is 5.10 Å². The third kappa shape index (κ3) is 5.56. The van der Waals surface area contributed by atoms with E-state index in [2.05, 4.69) is 10.5 Å². The number of nitrogens with two attached hydrogens (primary N) is 1. The number of nitrogens with one attached hydrogen (secondary N) is 1. The highest BCUT2D eigenvalue weighted by Crippen LogP contribution is 2.12. The second-order valence-corrected chi connectivity index (χ2v) is 4.45. The van der Waals surface area contributed by atoms with Crippen molar-refractivity contribution in [3.63, 3.8) is 0 Å². The number of hydrazone groups is 1. The van der Waals surface area contributed by atoms with Gasteiger partial charge >= 0.3 is 6.03 Å². The van der Waals surface area contributed by atoms with Gasteiger partial charge in [0.2, 0.25) is 0 Å². The SMILES string of the molecule is COC(OC)/C(CCc1ccc(Cl)cc1)=N/NC(N)=O. The van der Waals surface area contributed by atoms with Gasteiger partial charge < -0.3 is 15.2 Å². The fourth-order valence-corrected chi connectivity index (χ4v) is 1.77. The van der Waals surface area contributed by atoms with Gasteiger partial charge in [-0.15, -0.1) is 0 Å². The van der Waals surface area contributed by atoms with E-state index in [-0.39, 0.29) is 0 Å².